The van der Waals surface area contributed by atoms with Crippen molar-refractivity contribution in [3.8, 4) is 5.75 Å². The number of carboxylic acids is 1. The van der Waals surface area contributed by atoms with Crippen LogP contribution in [-0.4, -0.2) is 30.1 Å². The molecule has 0 radical (unpaired) electrons. The summed E-state index contributed by atoms with van der Waals surface area (Å²) in [5.41, 5.74) is 0. The van der Waals surface area contributed by atoms with E-state index in [9.17, 15) is 9.59 Å². The van der Waals surface area contributed by atoms with Crippen molar-refractivity contribution in [2.75, 3.05) is 13.2 Å². The van der Waals surface area contributed by atoms with Crippen LogP contribution < -0.4 is 10.1 Å². The number of hydrogen-bond donors (Lipinski definition) is 2. The van der Waals surface area contributed by atoms with Gasteiger partial charge in [-0.05, 0) is 52.8 Å². The molecule has 0 heterocycles. The summed E-state index contributed by atoms with van der Waals surface area (Å²) in [6, 6.07) is 7.37. The molecule has 1 atom stereocenters. The van der Waals surface area contributed by atoms with Crippen LogP contribution in [0.15, 0.2) is 24.3 Å². The Labute approximate surface area is 125 Å². The molecule has 0 bridgehead atoms. The van der Waals surface area contributed by atoms with Crippen molar-refractivity contribution in [3.63, 3.8) is 0 Å². The minimum absolute atomic E-state index is 0.0399. The van der Waals surface area contributed by atoms with Crippen molar-refractivity contribution >= 4 is 34.5 Å². The number of ether oxygens (including phenoxy) is 1. The molecule has 1 aromatic rings. The van der Waals surface area contributed by atoms with Crippen molar-refractivity contribution in [1.82, 2.24) is 5.32 Å². The fraction of sp³-hybridized carbons (Fsp3) is 0.385. The summed E-state index contributed by atoms with van der Waals surface area (Å²) in [6.07, 6.45) is 0.0399. The summed E-state index contributed by atoms with van der Waals surface area (Å²) in [5.74, 6) is -0.582. The van der Waals surface area contributed by atoms with Crippen molar-refractivity contribution in [2.45, 2.75) is 13.3 Å². The molecule has 0 aliphatic carbocycles. The third-order valence-corrected chi connectivity index (χ3v) is 3.07. The van der Waals surface area contributed by atoms with Crippen LogP contribution >= 0.6 is 22.6 Å². The molecule has 1 rings (SSSR count). The first kappa shape index (κ1) is 15.7. The van der Waals surface area contributed by atoms with Gasteiger partial charge in [-0.3, -0.25) is 9.59 Å². The van der Waals surface area contributed by atoms with Crippen LogP contribution in [0.1, 0.15) is 13.3 Å². The molecule has 0 fully saturated rings. The first-order chi connectivity index (χ1) is 8.97. The molecule has 2 N–H and O–H groups in total. The zero-order valence-electron chi connectivity index (χ0n) is 10.6. The van der Waals surface area contributed by atoms with Crippen molar-refractivity contribution in [3.05, 3.63) is 27.8 Å². The van der Waals surface area contributed by atoms with Crippen LogP contribution in [0.2, 0.25) is 0 Å². The van der Waals surface area contributed by atoms with Gasteiger partial charge in [-0.15, -0.1) is 0 Å². The second kappa shape index (κ2) is 7.98. The van der Waals surface area contributed by atoms with E-state index in [-0.39, 0.29) is 24.9 Å². The minimum Gasteiger partial charge on any atom is -0.484 e. The third kappa shape index (κ3) is 7.00. The molecule has 0 aliphatic rings. The fourth-order valence-corrected chi connectivity index (χ4v) is 1.75. The number of nitrogens with one attached hydrogen (secondary N) is 1. The molecule has 1 amide bonds. The molecule has 1 aromatic carbocycles. The number of hydrogen-bond acceptors (Lipinski definition) is 3. The van der Waals surface area contributed by atoms with Gasteiger partial charge in [0.25, 0.3) is 5.91 Å². The molecule has 5 nitrogen and oxygen atoms in total. The Morgan fingerprint density at radius 3 is 2.58 bits per heavy atom. The second-order valence-corrected chi connectivity index (χ2v) is 5.50. The van der Waals surface area contributed by atoms with E-state index in [2.05, 4.69) is 27.9 Å². The van der Waals surface area contributed by atoms with Gasteiger partial charge in [-0.1, -0.05) is 6.92 Å². The number of carbonyl (C=O) groups is 2. The lowest BCUT2D eigenvalue weighted by Gasteiger charge is -2.11. The number of amides is 1. The van der Waals surface area contributed by atoms with Crippen molar-refractivity contribution in [1.29, 1.82) is 0 Å². The van der Waals surface area contributed by atoms with Crippen LogP contribution in [0, 0.1) is 9.49 Å². The quantitative estimate of drug-likeness (QED) is 0.712. The highest BCUT2D eigenvalue weighted by atomic mass is 127. The van der Waals surface area contributed by atoms with E-state index in [4.69, 9.17) is 9.84 Å². The molecular weight excluding hydrogens is 361 g/mol. The van der Waals surface area contributed by atoms with Crippen LogP contribution in [0.3, 0.4) is 0 Å². The average Bonchev–Trinajstić information content (AvgIpc) is 2.35. The number of aliphatic carboxylic acids is 1. The lowest BCUT2D eigenvalue weighted by Crippen LogP contribution is -2.33. The second-order valence-electron chi connectivity index (χ2n) is 4.25. The van der Waals surface area contributed by atoms with Gasteiger partial charge in [-0.2, -0.15) is 0 Å². The molecule has 1 unspecified atom stereocenters. The fourth-order valence-electron chi connectivity index (χ4n) is 1.39. The van der Waals surface area contributed by atoms with Gasteiger partial charge in [0.15, 0.2) is 6.61 Å². The summed E-state index contributed by atoms with van der Waals surface area (Å²) in [4.78, 5) is 21.9. The SMILES string of the molecule is CC(CNC(=O)COc1ccc(I)cc1)CC(=O)O. The number of halogens is 1. The van der Waals surface area contributed by atoms with Gasteiger partial charge in [-0.25, -0.2) is 0 Å². The lowest BCUT2D eigenvalue weighted by molar-refractivity contribution is -0.138. The van der Waals surface area contributed by atoms with Gasteiger partial charge in [0.1, 0.15) is 5.75 Å². The van der Waals surface area contributed by atoms with E-state index in [1.165, 1.54) is 0 Å². The Bertz CT molecular complexity index is 433. The Balaban J connectivity index is 2.24. The van der Waals surface area contributed by atoms with Crippen molar-refractivity contribution in [2.24, 2.45) is 5.92 Å². The van der Waals surface area contributed by atoms with Crippen molar-refractivity contribution < 1.29 is 19.4 Å². The summed E-state index contributed by atoms with van der Waals surface area (Å²) >= 11 is 2.19. The molecule has 0 saturated heterocycles. The molecule has 104 valence electrons. The van der Waals surface area contributed by atoms with E-state index in [0.717, 1.165) is 3.57 Å². The molecule has 0 saturated carbocycles. The summed E-state index contributed by atoms with van der Waals surface area (Å²) in [6.45, 7) is 2.04. The van der Waals surface area contributed by atoms with Crippen LogP contribution in [0.25, 0.3) is 0 Å². The molecule has 0 spiro atoms. The normalized spacial score (nSPS) is 11.7. The van der Waals surface area contributed by atoms with Gasteiger partial charge in [0, 0.05) is 16.5 Å². The van der Waals surface area contributed by atoms with Gasteiger partial charge >= 0.3 is 5.97 Å². The largest absolute Gasteiger partial charge is 0.484 e. The highest BCUT2D eigenvalue weighted by Gasteiger charge is 2.09. The van der Waals surface area contributed by atoms with E-state index in [0.29, 0.717) is 12.3 Å². The van der Waals surface area contributed by atoms with Gasteiger partial charge < -0.3 is 15.2 Å². The summed E-state index contributed by atoms with van der Waals surface area (Å²) in [5, 5.41) is 11.2. The zero-order chi connectivity index (χ0) is 14.3. The van der Waals surface area contributed by atoms with E-state index in [1.807, 2.05) is 12.1 Å². The van der Waals surface area contributed by atoms with Crippen LogP contribution in [-0.2, 0) is 9.59 Å². The number of benzene rings is 1. The van der Waals surface area contributed by atoms with Crippen LogP contribution in [0.4, 0.5) is 0 Å². The van der Waals surface area contributed by atoms with E-state index < -0.39 is 5.97 Å². The van der Waals surface area contributed by atoms with E-state index >= 15 is 0 Å². The first-order valence-electron chi connectivity index (χ1n) is 5.84. The van der Waals surface area contributed by atoms with Gasteiger partial charge in [0.05, 0.1) is 0 Å². The maximum absolute atomic E-state index is 11.5. The third-order valence-electron chi connectivity index (χ3n) is 2.35. The maximum atomic E-state index is 11.5. The number of carboxylic acid groups (broad SMARTS) is 1. The zero-order valence-corrected chi connectivity index (χ0v) is 12.7. The molecular formula is C13H16INO4. The molecule has 0 aromatic heterocycles. The standard InChI is InChI=1S/C13H16INO4/c1-9(6-13(17)18)7-15-12(16)8-19-11-4-2-10(14)3-5-11/h2-5,9H,6-8H2,1H3,(H,15,16)(H,17,18). The first-order valence-corrected chi connectivity index (χ1v) is 6.92. The lowest BCUT2D eigenvalue weighted by atomic mass is 10.1. The topological polar surface area (TPSA) is 75.6 Å². The average molecular weight is 377 g/mol. The maximum Gasteiger partial charge on any atom is 0.303 e. The molecule has 19 heavy (non-hydrogen) atoms. The molecule has 6 heteroatoms. The molecule has 0 aliphatic heterocycles. The number of rotatable bonds is 7. The Morgan fingerprint density at radius 2 is 2.00 bits per heavy atom. The van der Waals surface area contributed by atoms with E-state index in [1.54, 1.807) is 19.1 Å². The highest BCUT2D eigenvalue weighted by Crippen LogP contribution is 2.13. The predicted octanol–water partition coefficient (Wildman–Crippen LogP) is 1.90. The predicted molar refractivity (Wildman–Crippen MR) is 79.1 cm³/mol. The Kier molecular flexibility index (Phi) is 6.61. The number of carbonyl (C=O) groups excluding carboxylic acids is 1. The monoisotopic (exact) mass is 377 g/mol. The smallest absolute Gasteiger partial charge is 0.303 e. The Hall–Kier alpha value is -1.31. The minimum atomic E-state index is -0.864. The Morgan fingerprint density at radius 1 is 1.37 bits per heavy atom. The highest BCUT2D eigenvalue weighted by molar-refractivity contribution is 14.1. The van der Waals surface area contributed by atoms with Gasteiger partial charge in [0.2, 0.25) is 0 Å². The summed E-state index contributed by atoms with van der Waals surface area (Å²) < 4.78 is 6.40. The van der Waals surface area contributed by atoms with Crippen LogP contribution in [0.5, 0.6) is 5.75 Å². The summed E-state index contributed by atoms with van der Waals surface area (Å²) in [7, 11) is 0.